The van der Waals surface area contributed by atoms with E-state index in [0.717, 1.165) is 5.76 Å². The Balaban J connectivity index is 1.87. The van der Waals surface area contributed by atoms with E-state index in [0.29, 0.717) is 6.04 Å². The molecule has 1 N–H and O–H groups in total. The SMILES string of the molecule is [W]=[C](NC1CCCCC1)c1ccco1. The fourth-order valence-electron chi connectivity index (χ4n) is 1.91. The molecule has 1 aromatic heterocycles. The molecule has 0 atom stereocenters. The van der Waals surface area contributed by atoms with Crippen LogP contribution in [0, 0.1) is 0 Å². The summed E-state index contributed by atoms with van der Waals surface area (Å²) in [4.78, 5) is 0. The van der Waals surface area contributed by atoms with E-state index < -0.39 is 0 Å². The molecular weight excluding hydrogens is 346 g/mol. The molecule has 1 fully saturated rings. The third-order valence-electron chi connectivity index (χ3n) is 2.69. The summed E-state index contributed by atoms with van der Waals surface area (Å²) in [5, 5.41) is 3.58. The van der Waals surface area contributed by atoms with Crippen LogP contribution >= 0.6 is 0 Å². The average molecular weight is 361 g/mol. The quantitative estimate of drug-likeness (QED) is 0.894. The summed E-state index contributed by atoms with van der Waals surface area (Å²) in [5.41, 5.74) is 0. The van der Waals surface area contributed by atoms with Crippen LogP contribution in [-0.2, 0) is 19.4 Å². The van der Waals surface area contributed by atoms with Crippen LogP contribution in [0.25, 0.3) is 0 Å². The molecule has 14 heavy (non-hydrogen) atoms. The van der Waals surface area contributed by atoms with Gasteiger partial charge in [0.1, 0.15) is 0 Å². The molecule has 0 bridgehead atoms. The fraction of sp³-hybridized carbons (Fsp3) is 0.545. The third kappa shape index (κ3) is 2.65. The van der Waals surface area contributed by atoms with Crippen molar-refractivity contribution >= 4 is 4.02 Å². The maximum absolute atomic E-state index is 5.36. The average Bonchev–Trinajstić information content (AvgIpc) is 2.72. The summed E-state index contributed by atoms with van der Waals surface area (Å²) in [6.07, 6.45) is 8.53. The molecule has 3 heteroatoms. The first kappa shape index (κ1) is 10.3. The molecule has 0 radical (unpaired) electrons. The van der Waals surface area contributed by atoms with Crippen LogP contribution < -0.4 is 5.32 Å². The van der Waals surface area contributed by atoms with Gasteiger partial charge in [-0.2, -0.15) is 0 Å². The predicted octanol–water partition coefficient (Wildman–Crippen LogP) is 2.23. The van der Waals surface area contributed by atoms with Gasteiger partial charge >= 0.3 is 95.4 Å². The zero-order valence-corrected chi connectivity index (χ0v) is 11.1. The van der Waals surface area contributed by atoms with Gasteiger partial charge in [0.2, 0.25) is 0 Å². The van der Waals surface area contributed by atoms with Crippen LogP contribution in [0.5, 0.6) is 0 Å². The summed E-state index contributed by atoms with van der Waals surface area (Å²) in [7, 11) is 0. The first-order chi connectivity index (χ1) is 6.86. The molecule has 2 rings (SSSR count). The molecule has 0 aromatic carbocycles. The van der Waals surface area contributed by atoms with Crippen molar-refractivity contribution in [2.45, 2.75) is 38.1 Å². The molecule has 1 saturated carbocycles. The van der Waals surface area contributed by atoms with Gasteiger partial charge in [-0.1, -0.05) is 0 Å². The second-order valence-electron chi connectivity index (χ2n) is 3.79. The zero-order valence-electron chi connectivity index (χ0n) is 8.16. The van der Waals surface area contributed by atoms with Crippen LogP contribution in [0.2, 0.25) is 0 Å². The van der Waals surface area contributed by atoms with Gasteiger partial charge in [0.15, 0.2) is 0 Å². The summed E-state index contributed by atoms with van der Waals surface area (Å²) in [6, 6.07) is 4.65. The summed E-state index contributed by atoms with van der Waals surface area (Å²) in [6.45, 7) is 0. The van der Waals surface area contributed by atoms with Gasteiger partial charge in [0.05, 0.1) is 0 Å². The van der Waals surface area contributed by atoms with E-state index in [4.69, 9.17) is 4.42 Å². The third-order valence-corrected chi connectivity index (χ3v) is 3.83. The van der Waals surface area contributed by atoms with Crippen molar-refractivity contribution in [3.05, 3.63) is 24.2 Å². The Hall–Kier alpha value is -0.202. The Bertz CT molecular complexity index is 288. The second-order valence-corrected chi connectivity index (χ2v) is 5.25. The zero-order chi connectivity index (χ0) is 9.80. The molecule has 1 aromatic rings. The minimum atomic E-state index is 0.682. The van der Waals surface area contributed by atoms with Gasteiger partial charge in [0, 0.05) is 0 Å². The molecule has 0 spiro atoms. The Morgan fingerprint density at radius 1 is 1.36 bits per heavy atom. The van der Waals surface area contributed by atoms with E-state index >= 15 is 0 Å². The van der Waals surface area contributed by atoms with Crippen molar-refractivity contribution in [3.63, 3.8) is 0 Å². The molecule has 0 aliphatic heterocycles. The molecule has 1 aliphatic carbocycles. The van der Waals surface area contributed by atoms with E-state index in [1.165, 1.54) is 55.5 Å². The Morgan fingerprint density at radius 3 is 2.79 bits per heavy atom. The number of rotatable bonds is 3. The first-order valence-corrected chi connectivity index (χ1v) is 6.67. The molecule has 1 aliphatic rings. The first-order valence-electron chi connectivity index (χ1n) is 5.20. The fourth-order valence-corrected chi connectivity index (χ4v) is 2.93. The van der Waals surface area contributed by atoms with Gasteiger partial charge < -0.3 is 0 Å². The monoisotopic (exact) mass is 361 g/mol. The van der Waals surface area contributed by atoms with E-state index in [-0.39, 0.29) is 0 Å². The topological polar surface area (TPSA) is 25.2 Å². The van der Waals surface area contributed by atoms with Crippen LogP contribution in [-0.4, -0.2) is 10.1 Å². The molecule has 0 unspecified atom stereocenters. The maximum atomic E-state index is 5.36. The molecule has 1 heterocycles. The van der Waals surface area contributed by atoms with Crippen LogP contribution in [0.4, 0.5) is 0 Å². The molecule has 0 saturated heterocycles. The number of nitrogens with one attached hydrogen (secondary N) is 1. The van der Waals surface area contributed by atoms with Crippen LogP contribution in [0.15, 0.2) is 22.8 Å². The molecule has 76 valence electrons. The van der Waals surface area contributed by atoms with Gasteiger partial charge in [-0.15, -0.1) is 0 Å². The van der Waals surface area contributed by atoms with Crippen molar-refractivity contribution in [2.75, 3.05) is 0 Å². The van der Waals surface area contributed by atoms with Gasteiger partial charge in [-0.25, -0.2) is 0 Å². The van der Waals surface area contributed by atoms with E-state index in [1.54, 1.807) is 6.26 Å². The molecular formula is C11H15NOW. The van der Waals surface area contributed by atoms with Crippen molar-refractivity contribution < 1.29 is 23.8 Å². The van der Waals surface area contributed by atoms with Crippen molar-refractivity contribution in [1.29, 1.82) is 0 Å². The Morgan fingerprint density at radius 2 is 2.14 bits per heavy atom. The van der Waals surface area contributed by atoms with E-state index in [9.17, 15) is 0 Å². The van der Waals surface area contributed by atoms with Crippen LogP contribution in [0.1, 0.15) is 37.9 Å². The van der Waals surface area contributed by atoms with E-state index in [2.05, 4.69) is 5.32 Å². The van der Waals surface area contributed by atoms with E-state index in [1.807, 2.05) is 12.1 Å². The van der Waals surface area contributed by atoms with Gasteiger partial charge in [-0.3, -0.25) is 0 Å². The van der Waals surface area contributed by atoms with Crippen molar-refractivity contribution in [2.24, 2.45) is 0 Å². The van der Waals surface area contributed by atoms with Gasteiger partial charge in [-0.05, 0) is 0 Å². The van der Waals surface area contributed by atoms with Crippen molar-refractivity contribution in [1.82, 2.24) is 5.32 Å². The number of furan rings is 1. The Kier molecular flexibility index (Phi) is 3.72. The summed E-state index contributed by atoms with van der Waals surface area (Å²) >= 11 is 1.46. The van der Waals surface area contributed by atoms with Crippen LogP contribution in [0.3, 0.4) is 0 Å². The summed E-state index contributed by atoms with van der Waals surface area (Å²) in [5.74, 6) is 1.01. The van der Waals surface area contributed by atoms with Crippen molar-refractivity contribution in [3.8, 4) is 0 Å². The minimum absolute atomic E-state index is 0.682. The molecule has 0 amide bonds. The van der Waals surface area contributed by atoms with Gasteiger partial charge in [0.25, 0.3) is 0 Å². The Labute approximate surface area is 95.5 Å². The predicted molar refractivity (Wildman–Crippen MR) is 52.8 cm³/mol. The number of hydrogen-bond donors (Lipinski definition) is 1. The normalized spacial score (nSPS) is 18.3. The standard InChI is InChI=1S/C11H15NO.W/c1-2-5-10(6-3-1)12-9-11-7-4-8-13-11;/h4,7-8,10,12H,1-3,5-6H2;. The summed E-state index contributed by atoms with van der Waals surface area (Å²) < 4.78 is 6.61. The molecule has 2 nitrogen and oxygen atoms in total. The number of hydrogen-bond acceptors (Lipinski definition) is 2. The second kappa shape index (κ2) is 5.04.